The predicted molar refractivity (Wildman–Crippen MR) is 269 cm³/mol. The molecule has 4 nitrogen and oxygen atoms in total. The fraction of sp³-hybridized carbons (Fsp3) is 0.115. The van der Waals surface area contributed by atoms with Crippen LogP contribution in [0.15, 0.2) is 224 Å². The van der Waals surface area contributed by atoms with Crippen LogP contribution in [0.5, 0.6) is 0 Å². The topological polar surface area (TPSA) is 32.3 Å². The highest BCUT2D eigenvalue weighted by Gasteiger charge is 2.38. The molecule has 65 heavy (non-hydrogen) atoms. The Bertz CT molecular complexity index is 3270. The third kappa shape index (κ3) is 6.51. The van der Waals surface area contributed by atoms with E-state index >= 15 is 0 Å². The Labute approximate surface area is 382 Å². The van der Waals surface area contributed by atoms with E-state index in [2.05, 4.69) is 231 Å². The lowest BCUT2D eigenvalue weighted by atomic mass is 9.78. The summed E-state index contributed by atoms with van der Waals surface area (Å²) in [6.07, 6.45) is 27.3. The van der Waals surface area contributed by atoms with Crippen molar-refractivity contribution in [1.82, 2.24) is 19.8 Å². The van der Waals surface area contributed by atoms with Gasteiger partial charge in [0.25, 0.3) is 0 Å². The van der Waals surface area contributed by atoms with Gasteiger partial charge in [-0.3, -0.25) is 0 Å². The molecule has 12 rings (SSSR count). The highest BCUT2D eigenvalue weighted by Crippen LogP contribution is 2.51. The number of fused-ring (bicyclic) bond motifs is 4. The van der Waals surface area contributed by atoms with Gasteiger partial charge in [-0.25, -0.2) is 9.97 Å². The third-order valence-corrected chi connectivity index (χ3v) is 14.0. The second-order valence-electron chi connectivity index (χ2n) is 18.1. The molecule has 0 bridgehead atoms. The number of hydrogen-bond donors (Lipinski definition) is 0. The van der Waals surface area contributed by atoms with Gasteiger partial charge in [0, 0.05) is 45.8 Å². The number of rotatable bonds is 7. The van der Waals surface area contributed by atoms with Crippen molar-refractivity contribution in [2.75, 3.05) is 0 Å². The quantitative estimate of drug-likeness (QED) is 0.160. The van der Waals surface area contributed by atoms with E-state index in [0.717, 1.165) is 75.3 Å². The molecule has 0 saturated heterocycles. The molecule has 0 fully saturated rings. The van der Waals surface area contributed by atoms with Gasteiger partial charge in [-0.1, -0.05) is 172 Å². The molecule has 0 amide bonds. The normalized spacial score (nSPS) is 18.9. The summed E-state index contributed by atoms with van der Waals surface area (Å²) in [4.78, 5) is 15.6. The Morgan fingerprint density at radius 2 is 1.29 bits per heavy atom. The zero-order chi connectivity index (χ0) is 43.6. The predicted octanol–water partition coefficient (Wildman–Crippen LogP) is 14.6. The van der Waals surface area contributed by atoms with Crippen LogP contribution in [0, 0.1) is 0 Å². The average molecular weight is 837 g/mol. The van der Waals surface area contributed by atoms with Crippen molar-refractivity contribution in [2.24, 2.45) is 0 Å². The highest BCUT2D eigenvalue weighted by atomic mass is 15.2. The van der Waals surface area contributed by atoms with Crippen LogP contribution in [-0.4, -0.2) is 25.8 Å². The van der Waals surface area contributed by atoms with E-state index in [4.69, 9.17) is 9.97 Å². The Kier molecular flexibility index (Phi) is 9.24. The highest BCUT2D eigenvalue weighted by molar-refractivity contribution is 6.02. The lowest BCUT2D eigenvalue weighted by Crippen LogP contribution is -2.24. The molecule has 2 aliphatic carbocycles. The number of aromatic nitrogens is 2. The van der Waals surface area contributed by atoms with Crippen LogP contribution < -0.4 is 0 Å². The van der Waals surface area contributed by atoms with Gasteiger partial charge in [0.2, 0.25) is 0 Å². The molecule has 5 aromatic carbocycles. The van der Waals surface area contributed by atoms with Crippen molar-refractivity contribution in [3.05, 3.63) is 257 Å². The van der Waals surface area contributed by atoms with Crippen LogP contribution in [0.2, 0.25) is 0 Å². The first-order valence-corrected chi connectivity index (χ1v) is 22.8. The van der Waals surface area contributed by atoms with Gasteiger partial charge < -0.3 is 9.80 Å². The number of nitrogens with zero attached hydrogens (tertiary/aromatic N) is 4. The van der Waals surface area contributed by atoms with Crippen LogP contribution >= 0.6 is 0 Å². The molecule has 0 spiro atoms. The lowest BCUT2D eigenvalue weighted by Gasteiger charge is -2.33. The number of hydrogen-bond acceptors (Lipinski definition) is 4. The van der Waals surface area contributed by atoms with E-state index in [1.54, 1.807) is 0 Å². The summed E-state index contributed by atoms with van der Waals surface area (Å²) in [7, 11) is 0. The van der Waals surface area contributed by atoms with E-state index in [1.807, 2.05) is 0 Å². The third-order valence-electron chi connectivity index (χ3n) is 14.0. The molecule has 4 aliphatic heterocycles. The van der Waals surface area contributed by atoms with E-state index in [0.29, 0.717) is 5.82 Å². The second-order valence-corrected chi connectivity index (χ2v) is 18.1. The van der Waals surface area contributed by atoms with E-state index in [-0.39, 0.29) is 11.5 Å². The molecule has 6 aromatic rings. The Balaban J connectivity index is 1.03. The molecule has 312 valence electrons. The molecule has 1 atom stereocenters. The van der Waals surface area contributed by atoms with Crippen LogP contribution in [-0.2, 0) is 5.41 Å². The van der Waals surface area contributed by atoms with Crippen molar-refractivity contribution < 1.29 is 0 Å². The molecule has 4 heteroatoms. The molecule has 6 aliphatic rings. The Morgan fingerprint density at radius 3 is 2.05 bits per heavy atom. The van der Waals surface area contributed by atoms with Crippen LogP contribution in [0.3, 0.4) is 0 Å². The zero-order valence-corrected chi connectivity index (χ0v) is 36.7. The maximum absolute atomic E-state index is 5.47. The van der Waals surface area contributed by atoms with Gasteiger partial charge in [0.05, 0.1) is 28.8 Å². The van der Waals surface area contributed by atoms with E-state index in [1.165, 1.54) is 50.4 Å². The fourth-order valence-electron chi connectivity index (χ4n) is 10.8. The maximum Gasteiger partial charge on any atom is 0.160 e. The molecular formula is C61H48N4. The Morgan fingerprint density at radius 1 is 0.615 bits per heavy atom. The van der Waals surface area contributed by atoms with Gasteiger partial charge in [0.15, 0.2) is 5.82 Å². The molecule has 1 aromatic heterocycles. The standard InChI is InChI=1S/C61H48N4/c1-40-56-29-13-15-35-65(56)59(57(40)42-20-8-5-9-21-42)46-25-17-23-44(37-46)55-39-54(62-60(63-55)47-30-32-51-50-27-10-11-28-52(50)61(2,3)53(51)38-47)43-22-16-24-45(36-43)58-49(41-18-6-4-7-19-41)33-31-48-26-12-14-34-64(48)58/h4-10,12-27,29-32,34-39,56H,1,11,28,33H2,2-3H3. The number of allylic oxidation sites excluding steroid dienone is 11. The van der Waals surface area contributed by atoms with Crippen molar-refractivity contribution in [2.45, 2.75) is 44.6 Å². The van der Waals surface area contributed by atoms with Crippen molar-refractivity contribution in [1.29, 1.82) is 0 Å². The SMILES string of the molecule is C=C1C(c2ccccc2)=C(c2cccc(-c3cc(-c4cccc(C5=C(c6ccccc6)CC=C6C=CC=CN65)c4)nc(-c4ccc5c(c4)C(C)(C)C4=C5C=CCC4)n3)c2)N2C=CC=CC12. The average Bonchev–Trinajstić information content (AvgIpc) is 3.80. The van der Waals surface area contributed by atoms with Crippen LogP contribution in [0.25, 0.3) is 62.0 Å². The number of benzene rings is 5. The van der Waals surface area contributed by atoms with E-state index < -0.39 is 0 Å². The Hall–Kier alpha value is -7.82. The summed E-state index contributed by atoms with van der Waals surface area (Å²) in [5.74, 6) is 0.714. The first-order valence-electron chi connectivity index (χ1n) is 22.8. The summed E-state index contributed by atoms with van der Waals surface area (Å²) in [6.45, 7) is 9.41. The van der Waals surface area contributed by atoms with Gasteiger partial charge >= 0.3 is 0 Å². The molecular weight excluding hydrogens is 789 g/mol. The van der Waals surface area contributed by atoms with E-state index in [9.17, 15) is 0 Å². The van der Waals surface area contributed by atoms with Crippen molar-refractivity contribution in [3.8, 4) is 33.9 Å². The van der Waals surface area contributed by atoms with Crippen molar-refractivity contribution >= 4 is 28.1 Å². The lowest BCUT2D eigenvalue weighted by molar-refractivity contribution is 0.515. The molecule has 1 unspecified atom stereocenters. The summed E-state index contributed by atoms with van der Waals surface area (Å²) >= 11 is 0. The molecule has 0 radical (unpaired) electrons. The first kappa shape index (κ1) is 38.8. The van der Waals surface area contributed by atoms with Crippen LogP contribution in [0.1, 0.15) is 66.5 Å². The minimum atomic E-state index is -0.0739. The van der Waals surface area contributed by atoms with Crippen LogP contribution in [0.4, 0.5) is 0 Å². The zero-order valence-electron chi connectivity index (χ0n) is 36.7. The maximum atomic E-state index is 5.47. The first-order chi connectivity index (χ1) is 31.9. The largest absolute Gasteiger partial charge is 0.336 e. The second kappa shape index (κ2) is 15.5. The molecule has 0 N–H and O–H groups in total. The minimum absolute atomic E-state index is 0.0582. The summed E-state index contributed by atoms with van der Waals surface area (Å²) in [6, 6.07) is 48.4. The van der Waals surface area contributed by atoms with Gasteiger partial charge in [-0.15, -0.1) is 0 Å². The van der Waals surface area contributed by atoms with Gasteiger partial charge in [-0.2, -0.15) is 0 Å². The monoisotopic (exact) mass is 836 g/mol. The molecule has 0 saturated carbocycles. The summed E-state index contributed by atoms with van der Waals surface area (Å²) in [5, 5.41) is 0. The minimum Gasteiger partial charge on any atom is -0.336 e. The molecule has 5 heterocycles. The fourth-order valence-corrected chi connectivity index (χ4v) is 10.8. The van der Waals surface area contributed by atoms with Gasteiger partial charge in [0.1, 0.15) is 0 Å². The van der Waals surface area contributed by atoms with Crippen molar-refractivity contribution in [3.63, 3.8) is 0 Å². The summed E-state index contributed by atoms with van der Waals surface area (Å²) < 4.78 is 0. The smallest absolute Gasteiger partial charge is 0.160 e. The summed E-state index contributed by atoms with van der Waals surface area (Å²) in [5.41, 5.74) is 22.0. The van der Waals surface area contributed by atoms with Gasteiger partial charge in [-0.05, 0) is 112 Å².